The van der Waals surface area contributed by atoms with Crippen LogP contribution in [0.25, 0.3) is 6.08 Å². The van der Waals surface area contributed by atoms with E-state index >= 15 is 0 Å². The van der Waals surface area contributed by atoms with Crippen molar-refractivity contribution >= 4 is 12.4 Å². The van der Waals surface area contributed by atoms with Gasteiger partial charge < -0.3 is 0 Å². The van der Waals surface area contributed by atoms with E-state index in [9.17, 15) is 4.79 Å². The molecule has 0 fully saturated rings. The predicted molar refractivity (Wildman–Crippen MR) is 59.9 cm³/mol. The lowest BCUT2D eigenvalue weighted by atomic mass is 9.84. The fraction of sp³-hybridized carbons (Fsp3) is 0.308. The Morgan fingerprint density at radius 3 is 2.43 bits per heavy atom. The van der Waals surface area contributed by atoms with E-state index in [-0.39, 0.29) is 5.41 Å². The fourth-order valence-electron chi connectivity index (χ4n) is 1.45. The molecule has 0 spiro atoms. The summed E-state index contributed by atoms with van der Waals surface area (Å²) in [6.45, 7) is 6.47. The van der Waals surface area contributed by atoms with Crippen molar-refractivity contribution in [2.75, 3.05) is 0 Å². The first-order chi connectivity index (χ1) is 6.55. The van der Waals surface area contributed by atoms with Gasteiger partial charge in [-0.05, 0) is 22.6 Å². The molecule has 1 aromatic carbocycles. The Hall–Kier alpha value is -1.37. The van der Waals surface area contributed by atoms with Crippen LogP contribution < -0.4 is 0 Å². The average Bonchev–Trinajstić information content (AvgIpc) is 2.14. The lowest BCUT2D eigenvalue weighted by Gasteiger charge is -2.21. The topological polar surface area (TPSA) is 17.1 Å². The molecule has 73 valence electrons. The fourth-order valence-corrected chi connectivity index (χ4v) is 1.45. The van der Waals surface area contributed by atoms with Gasteiger partial charge in [0.1, 0.15) is 0 Å². The Labute approximate surface area is 85.5 Å². The summed E-state index contributed by atoms with van der Waals surface area (Å²) in [5.74, 6) is 0. The van der Waals surface area contributed by atoms with Gasteiger partial charge in [-0.25, -0.2) is 0 Å². The molecule has 1 rings (SSSR count). The molecule has 0 aromatic heterocycles. The van der Waals surface area contributed by atoms with Gasteiger partial charge in [0, 0.05) is 0 Å². The number of hydrogen-bond acceptors (Lipinski definition) is 1. The van der Waals surface area contributed by atoms with Crippen molar-refractivity contribution in [1.29, 1.82) is 0 Å². The molecule has 1 heteroatoms. The highest BCUT2D eigenvalue weighted by atomic mass is 16.1. The van der Waals surface area contributed by atoms with Crippen molar-refractivity contribution in [1.82, 2.24) is 0 Å². The first-order valence-electron chi connectivity index (χ1n) is 4.69. The van der Waals surface area contributed by atoms with Crippen LogP contribution in [-0.2, 0) is 10.2 Å². The van der Waals surface area contributed by atoms with Crippen molar-refractivity contribution in [3.8, 4) is 0 Å². The molecular weight excluding hydrogens is 172 g/mol. The highest BCUT2D eigenvalue weighted by molar-refractivity contribution is 5.75. The van der Waals surface area contributed by atoms with Crippen LogP contribution in [0, 0.1) is 0 Å². The summed E-state index contributed by atoms with van der Waals surface area (Å²) in [7, 11) is 0. The van der Waals surface area contributed by atoms with Gasteiger partial charge in [-0.3, -0.25) is 4.79 Å². The highest BCUT2D eigenvalue weighted by Gasteiger charge is 2.15. The Morgan fingerprint density at radius 2 is 1.86 bits per heavy atom. The monoisotopic (exact) mass is 187 g/mol. The van der Waals surface area contributed by atoms with Gasteiger partial charge in [-0.2, -0.15) is 0 Å². The lowest BCUT2D eigenvalue weighted by molar-refractivity contribution is 0.564. The zero-order valence-electron chi connectivity index (χ0n) is 8.87. The van der Waals surface area contributed by atoms with Gasteiger partial charge in [-0.1, -0.05) is 51.1 Å². The summed E-state index contributed by atoms with van der Waals surface area (Å²) in [6, 6.07) is 8.08. The summed E-state index contributed by atoms with van der Waals surface area (Å²) in [6.07, 6.45) is 4.97. The van der Waals surface area contributed by atoms with Crippen LogP contribution in [0.5, 0.6) is 0 Å². The number of carbonyl (C=O) groups excluding carboxylic acids is 1. The first-order valence-corrected chi connectivity index (χ1v) is 4.69. The van der Waals surface area contributed by atoms with E-state index in [1.165, 1.54) is 11.6 Å². The van der Waals surface area contributed by atoms with Crippen LogP contribution in [-0.4, -0.2) is 6.29 Å². The van der Waals surface area contributed by atoms with E-state index in [2.05, 4.69) is 26.8 Å². The highest BCUT2D eigenvalue weighted by Crippen LogP contribution is 2.26. The minimum atomic E-state index is 0.101. The third kappa shape index (κ3) is 2.56. The van der Waals surface area contributed by atoms with Crippen molar-refractivity contribution < 1.29 is 4.79 Å². The number of hydrogen-bond donors (Lipinski definition) is 0. The maximum Gasteiger partial charge on any atom is 0.225 e. The molecule has 0 amide bonds. The minimum absolute atomic E-state index is 0.101. The molecule has 0 unspecified atom stereocenters. The van der Waals surface area contributed by atoms with Crippen molar-refractivity contribution in [3.05, 3.63) is 41.5 Å². The van der Waals surface area contributed by atoms with Crippen LogP contribution in [0.3, 0.4) is 0 Å². The smallest absolute Gasteiger partial charge is 0.225 e. The third-order valence-electron chi connectivity index (χ3n) is 2.10. The molecule has 0 saturated heterocycles. The van der Waals surface area contributed by atoms with E-state index in [4.69, 9.17) is 0 Å². The molecule has 1 nitrogen and oxygen atoms in total. The molecular formula is C13H15O. The number of benzene rings is 1. The van der Waals surface area contributed by atoms with Crippen molar-refractivity contribution in [2.24, 2.45) is 0 Å². The van der Waals surface area contributed by atoms with E-state index < -0.39 is 0 Å². The first kappa shape index (κ1) is 10.7. The molecule has 0 heterocycles. The molecule has 1 radical (unpaired) electrons. The molecule has 14 heavy (non-hydrogen) atoms. The van der Waals surface area contributed by atoms with Crippen LogP contribution in [0.1, 0.15) is 31.9 Å². The van der Waals surface area contributed by atoms with E-state index in [0.29, 0.717) is 0 Å². The predicted octanol–water partition coefficient (Wildman–Crippen LogP) is 3.11. The Morgan fingerprint density at radius 1 is 1.21 bits per heavy atom. The number of rotatable bonds is 2. The van der Waals surface area contributed by atoms with Gasteiger partial charge in [0.05, 0.1) is 0 Å². The van der Waals surface area contributed by atoms with Gasteiger partial charge >= 0.3 is 0 Å². The molecule has 0 bridgehead atoms. The van der Waals surface area contributed by atoms with E-state index in [0.717, 1.165) is 5.56 Å². The van der Waals surface area contributed by atoms with Gasteiger partial charge in [0.2, 0.25) is 6.29 Å². The van der Waals surface area contributed by atoms with Gasteiger partial charge in [0.25, 0.3) is 0 Å². The van der Waals surface area contributed by atoms with Crippen LogP contribution >= 0.6 is 0 Å². The average molecular weight is 187 g/mol. The van der Waals surface area contributed by atoms with Gasteiger partial charge in [-0.15, -0.1) is 0 Å². The second kappa shape index (κ2) is 4.23. The normalized spacial score (nSPS) is 11.9. The van der Waals surface area contributed by atoms with Crippen LogP contribution in [0.4, 0.5) is 0 Å². The summed E-state index contributed by atoms with van der Waals surface area (Å²) in [5, 5.41) is 0. The molecule has 0 aliphatic rings. The number of allylic oxidation sites excluding steroid dienone is 1. The summed E-state index contributed by atoms with van der Waals surface area (Å²) in [4.78, 5) is 10.1. The Bertz CT molecular complexity index is 342. The van der Waals surface area contributed by atoms with E-state index in [1.54, 1.807) is 12.4 Å². The largest absolute Gasteiger partial charge is 0.286 e. The third-order valence-corrected chi connectivity index (χ3v) is 2.10. The molecule has 0 saturated carbocycles. The molecule has 1 aromatic rings. The molecule has 0 aliphatic heterocycles. The zero-order valence-corrected chi connectivity index (χ0v) is 8.87. The second-order valence-electron chi connectivity index (χ2n) is 4.29. The maximum absolute atomic E-state index is 10.1. The van der Waals surface area contributed by atoms with E-state index in [1.807, 2.05) is 18.2 Å². The maximum atomic E-state index is 10.1. The van der Waals surface area contributed by atoms with Crippen molar-refractivity contribution in [2.45, 2.75) is 26.2 Å². The summed E-state index contributed by atoms with van der Waals surface area (Å²) >= 11 is 0. The van der Waals surface area contributed by atoms with Gasteiger partial charge in [0.15, 0.2) is 0 Å². The standard InChI is InChI=1S/C13H15O/c1-13(2,3)12-9-5-4-7-11(12)8-6-10-14/h4-9H,1-3H3/b8-6+. The molecule has 0 N–H and O–H groups in total. The lowest BCUT2D eigenvalue weighted by Crippen LogP contribution is -2.12. The van der Waals surface area contributed by atoms with Crippen molar-refractivity contribution in [3.63, 3.8) is 0 Å². The Kier molecular flexibility index (Phi) is 3.23. The quantitative estimate of drug-likeness (QED) is 0.650. The molecule has 0 aliphatic carbocycles. The Balaban J connectivity index is 3.16. The minimum Gasteiger partial charge on any atom is -0.286 e. The van der Waals surface area contributed by atoms with Crippen LogP contribution in [0.15, 0.2) is 30.3 Å². The molecule has 0 atom stereocenters. The van der Waals surface area contributed by atoms with Crippen LogP contribution in [0.2, 0.25) is 0 Å². The summed E-state index contributed by atoms with van der Waals surface area (Å²) in [5.41, 5.74) is 2.43. The second-order valence-corrected chi connectivity index (χ2v) is 4.29. The summed E-state index contributed by atoms with van der Waals surface area (Å²) < 4.78 is 0. The SMILES string of the molecule is CC(C)(C)c1ccccc1/C=C/[C]=O. The zero-order chi connectivity index (χ0) is 10.6.